The molecule has 0 spiro atoms. The van der Waals surface area contributed by atoms with Crippen LogP contribution in [0.3, 0.4) is 0 Å². The molecule has 1 saturated heterocycles. The van der Waals surface area contributed by atoms with Crippen molar-refractivity contribution in [2.45, 2.75) is 57.5 Å². The molecule has 1 aliphatic heterocycles. The number of hydrogen-bond donors (Lipinski definition) is 1. The Morgan fingerprint density at radius 1 is 1.06 bits per heavy atom. The molecule has 7 nitrogen and oxygen atoms in total. The van der Waals surface area contributed by atoms with E-state index in [0.717, 1.165) is 37.7 Å². The Morgan fingerprint density at radius 2 is 1.78 bits per heavy atom. The molecule has 2 aromatic carbocycles. The van der Waals surface area contributed by atoms with Crippen molar-refractivity contribution in [3.63, 3.8) is 0 Å². The van der Waals surface area contributed by atoms with Crippen LogP contribution in [0.15, 0.2) is 48.5 Å². The number of anilines is 2. The van der Waals surface area contributed by atoms with Gasteiger partial charge in [0.1, 0.15) is 11.8 Å². The maximum Gasteiger partial charge on any atom is 0.332 e. The van der Waals surface area contributed by atoms with Gasteiger partial charge in [-0.3, -0.25) is 9.59 Å². The van der Waals surface area contributed by atoms with Crippen LogP contribution in [-0.2, 0) is 9.59 Å². The highest BCUT2D eigenvalue weighted by Crippen LogP contribution is 2.33. The Balaban J connectivity index is 1.57. The molecule has 168 valence electrons. The summed E-state index contributed by atoms with van der Waals surface area (Å²) in [6.07, 6.45) is 4.83. The lowest BCUT2D eigenvalue weighted by atomic mass is 9.93. The summed E-state index contributed by atoms with van der Waals surface area (Å²) in [4.78, 5) is 42.6. The number of carbonyl (C=O) groups excluding carboxylic acids is 3. The predicted octanol–water partition coefficient (Wildman–Crippen LogP) is 4.50. The molecule has 0 aromatic heterocycles. The lowest BCUT2D eigenvalue weighted by Gasteiger charge is -2.33. The Kier molecular flexibility index (Phi) is 6.44. The van der Waals surface area contributed by atoms with Gasteiger partial charge in [-0.1, -0.05) is 31.4 Å². The van der Waals surface area contributed by atoms with E-state index >= 15 is 0 Å². The molecule has 0 bridgehead atoms. The van der Waals surface area contributed by atoms with E-state index in [1.807, 2.05) is 25.1 Å². The van der Waals surface area contributed by atoms with Gasteiger partial charge in [-0.25, -0.2) is 9.69 Å². The first kappa shape index (κ1) is 21.9. The monoisotopic (exact) mass is 435 g/mol. The molecular formula is C25H29N3O4. The molecule has 2 aromatic rings. The van der Waals surface area contributed by atoms with Crippen LogP contribution in [0.25, 0.3) is 0 Å². The van der Waals surface area contributed by atoms with Crippen LogP contribution >= 0.6 is 0 Å². The number of ether oxygens (including phenoxy) is 1. The SMILES string of the molecule is COc1ccc(NC(=O)C[C@H]2C(=O)N(c3cccc(C)c3)C(=O)N2C2CCCCC2)cc1. The molecule has 1 atom stereocenters. The van der Waals surface area contributed by atoms with E-state index in [1.165, 1.54) is 4.90 Å². The van der Waals surface area contributed by atoms with Crippen molar-refractivity contribution in [1.82, 2.24) is 4.90 Å². The Morgan fingerprint density at radius 3 is 2.44 bits per heavy atom. The van der Waals surface area contributed by atoms with Gasteiger partial charge in [0.25, 0.3) is 5.91 Å². The van der Waals surface area contributed by atoms with E-state index in [4.69, 9.17) is 4.74 Å². The standard InChI is InChI=1S/C25H29N3O4/c1-17-7-6-10-20(15-17)28-24(30)22(27(25(28)31)19-8-4-3-5-9-19)16-23(29)26-18-11-13-21(32-2)14-12-18/h6-7,10-15,19,22H,3-5,8-9,16H2,1-2H3,(H,26,29)/t22-/m0/s1. The zero-order valence-electron chi connectivity index (χ0n) is 18.5. The maximum absolute atomic E-state index is 13.4. The highest BCUT2D eigenvalue weighted by molar-refractivity contribution is 6.22. The first-order valence-corrected chi connectivity index (χ1v) is 11.1. The van der Waals surface area contributed by atoms with Crippen LogP contribution < -0.4 is 15.0 Å². The lowest BCUT2D eigenvalue weighted by molar-refractivity contribution is -0.125. The van der Waals surface area contributed by atoms with Gasteiger partial charge in [0, 0.05) is 11.7 Å². The van der Waals surface area contributed by atoms with Crippen molar-refractivity contribution >= 4 is 29.2 Å². The Bertz CT molecular complexity index is 999. The van der Waals surface area contributed by atoms with Crippen molar-refractivity contribution < 1.29 is 19.1 Å². The number of rotatable bonds is 6. The van der Waals surface area contributed by atoms with E-state index in [0.29, 0.717) is 17.1 Å². The summed E-state index contributed by atoms with van der Waals surface area (Å²) in [5.74, 6) is 0.0566. The summed E-state index contributed by atoms with van der Waals surface area (Å²) >= 11 is 0. The minimum atomic E-state index is -0.802. The first-order chi connectivity index (χ1) is 15.5. The van der Waals surface area contributed by atoms with Gasteiger partial charge in [0.05, 0.1) is 19.2 Å². The van der Waals surface area contributed by atoms with Crippen LogP contribution in [0, 0.1) is 6.92 Å². The van der Waals surface area contributed by atoms with E-state index in [-0.39, 0.29) is 30.3 Å². The number of benzene rings is 2. The lowest BCUT2D eigenvalue weighted by Crippen LogP contribution is -2.45. The normalized spacial score (nSPS) is 19.4. The topological polar surface area (TPSA) is 79.0 Å². The van der Waals surface area contributed by atoms with E-state index in [1.54, 1.807) is 42.3 Å². The van der Waals surface area contributed by atoms with Crippen molar-refractivity contribution in [1.29, 1.82) is 0 Å². The summed E-state index contributed by atoms with van der Waals surface area (Å²) in [6, 6.07) is 13.2. The first-order valence-electron chi connectivity index (χ1n) is 11.1. The fourth-order valence-corrected chi connectivity index (χ4v) is 4.63. The van der Waals surface area contributed by atoms with Gasteiger partial charge >= 0.3 is 6.03 Å². The average molecular weight is 436 g/mol. The summed E-state index contributed by atoms with van der Waals surface area (Å²) in [5, 5.41) is 2.84. The third-order valence-corrected chi connectivity index (χ3v) is 6.23. The average Bonchev–Trinajstić information content (AvgIpc) is 3.04. The number of hydrogen-bond acceptors (Lipinski definition) is 4. The van der Waals surface area contributed by atoms with Crippen molar-refractivity contribution in [3.8, 4) is 5.75 Å². The van der Waals surface area contributed by atoms with E-state index < -0.39 is 6.04 Å². The molecule has 2 fully saturated rings. The minimum absolute atomic E-state index is 0.0196. The second-order valence-electron chi connectivity index (χ2n) is 8.49. The van der Waals surface area contributed by atoms with Gasteiger partial charge in [-0.05, 0) is 61.7 Å². The second kappa shape index (κ2) is 9.42. The number of nitrogens with one attached hydrogen (secondary N) is 1. The largest absolute Gasteiger partial charge is 0.497 e. The number of methoxy groups -OCH3 is 1. The molecule has 1 aliphatic carbocycles. The quantitative estimate of drug-likeness (QED) is 0.678. The molecule has 1 saturated carbocycles. The molecule has 4 amide bonds. The molecule has 2 aliphatic rings. The maximum atomic E-state index is 13.4. The zero-order valence-corrected chi connectivity index (χ0v) is 18.5. The molecular weight excluding hydrogens is 406 g/mol. The highest BCUT2D eigenvalue weighted by Gasteiger charge is 2.49. The fourth-order valence-electron chi connectivity index (χ4n) is 4.63. The van der Waals surface area contributed by atoms with Crippen LogP contribution in [0.4, 0.5) is 16.2 Å². The summed E-state index contributed by atoms with van der Waals surface area (Å²) in [5.41, 5.74) is 2.14. The van der Waals surface area contributed by atoms with Crippen LogP contribution in [0.5, 0.6) is 5.75 Å². The molecule has 0 unspecified atom stereocenters. The Hall–Kier alpha value is -3.35. The van der Waals surface area contributed by atoms with Crippen molar-refractivity contribution in [2.75, 3.05) is 17.3 Å². The molecule has 4 rings (SSSR count). The van der Waals surface area contributed by atoms with Crippen LogP contribution in [-0.4, -0.2) is 41.9 Å². The molecule has 0 radical (unpaired) electrons. The van der Waals surface area contributed by atoms with E-state index in [9.17, 15) is 14.4 Å². The van der Waals surface area contributed by atoms with Gasteiger partial charge in [-0.2, -0.15) is 0 Å². The van der Waals surface area contributed by atoms with Gasteiger partial charge in [0.2, 0.25) is 5.91 Å². The van der Waals surface area contributed by atoms with Gasteiger partial charge in [-0.15, -0.1) is 0 Å². The van der Waals surface area contributed by atoms with Gasteiger partial charge < -0.3 is 15.0 Å². The number of amides is 4. The van der Waals surface area contributed by atoms with Crippen molar-refractivity contribution in [3.05, 3.63) is 54.1 Å². The number of carbonyl (C=O) groups is 3. The molecule has 1 N–H and O–H groups in total. The summed E-state index contributed by atoms with van der Waals surface area (Å²) in [6.45, 7) is 1.92. The third kappa shape index (κ3) is 4.47. The molecule has 7 heteroatoms. The fraction of sp³-hybridized carbons (Fsp3) is 0.400. The third-order valence-electron chi connectivity index (χ3n) is 6.23. The van der Waals surface area contributed by atoms with Crippen molar-refractivity contribution in [2.24, 2.45) is 0 Å². The smallest absolute Gasteiger partial charge is 0.332 e. The summed E-state index contributed by atoms with van der Waals surface area (Å²) < 4.78 is 5.14. The van der Waals surface area contributed by atoms with E-state index in [2.05, 4.69) is 5.32 Å². The summed E-state index contributed by atoms with van der Waals surface area (Å²) in [7, 11) is 1.58. The van der Waals surface area contributed by atoms with Gasteiger partial charge in [0.15, 0.2) is 0 Å². The predicted molar refractivity (Wildman–Crippen MR) is 123 cm³/mol. The second-order valence-corrected chi connectivity index (χ2v) is 8.49. The minimum Gasteiger partial charge on any atom is -0.497 e. The number of nitrogens with zero attached hydrogens (tertiary/aromatic N) is 2. The van der Waals surface area contributed by atoms with Crippen LogP contribution in [0.2, 0.25) is 0 Å². The van der Waals surface area contributed by atoms with Crippen LogP contribution in [0.1, 0.15) is 44.1 Å². The Labute approximate surface area is 188 Å². The zero-order chi connectivity index (χ0) is 22.7. The number of aryl methyl sites for hydroxylation is 1. The number of urea groups is 1. The number of imide groups is 1. The molecule has 32 heavy (non-hydrogen) atoms. The molecule has 1 heterocycles. The highest BCUT2D eigenvalue weighted by atomic mass is 16.5.